The van der Waals surface area contributed by atoms with Gasteiger partial charge >= 0.3 is 0 Å². The fourth-order valence-corrected chi connectivity index (χ4v) is 5.73. The predicted molar refractivity (Wildman–Crippen MR) is 147 cm³/mol. The number of sulfonamides is 1. The molecule has 4 rings (SSSR count). The van der Waals surface area contributed by atoms with E-state index in [0.717, 1.165) is 33.5 Å². The van der Waals surface area contributed by atoms with Gasteiger partial charge in [0.05, 0.1) is 4.90 Å². The number of rotatable bonds is 8. The number of nitrogens with one attached hydrogen (secondary N) is 2. The van der Waals surface area contributed by atoms with Crippen molar-refractivity contribution in [1.82, 2.24) is 4.72 Å². The second-order valence-electron chi connectivity index (χ2n) is 9.50. The molecule has 0 aliphatic heterocycles. The number of aryl methyl sites for hydroxylation is 2. The van der Waals surface area contributed by atoms with Gasteiger partial charge in [0.25, 0.3) is 15.9 Å². The van der Waals surface area contributed by atoms with Crippen LogP contribution >= 0.6 is 0 Å². The lowest BCUT2D eigenvalue weighted by Crippen LogP contribution is -2.31. The van der Waals surface area contributed by atoms with Gasteiger partial charge in [-0.1, -0.05) is 62.2 Å². The van der Waals surface area contributed by atoms with Crippen molar-refractivity contribution >= 4 is 27.7 Å². The van der Waals surface area contributed by atoms with Crippen molar-refractivity contribution in [2.75, 3.05) is 5.32 Å². The monoisotopic (exact) mass is 502 g/mol. The molecule has 36 heavy (non-hydrogen) atoms. The van der Waals surface area contributed by atoms with E-state index in [2.05, 4.69) is 53.4 Å². The molecule has 1 saturated carbocycles. The van der Waals surface area contributed by atoms with E-state index >= 15 is 0 Å². The molecule has 1 aliphatic carbocycles. The van der Waals surface area contributed by atoms with Gasteiger partial charge < -0.3 is 5.32 Å². The summed E-state index contributed by atoms with van der Waals surface area (Å²) >= 11 is 0. The van der Waals surface area contributed by atoms with Crippen molar-refractivity contribution in [2.45, 2.75) is 63.8 Å². The van der Waals surface area contributed by atoms with E-state index in [1.54, 1.807) is 24.3 Å². The number of benzene rings is 3. The molecule has 1 aliphatic rings. The Bertz CT molecular complexity index is 1360. The minimum Gasteiger partial charge on any atom is -0.382 e. The summed E-state index contributed by atoms with van der Waals surface area (Å²) in [6.07, 6.45) is 7.29. The average molecular weight is 503 g/mol. The molecule has 2 N–H and O–H groups in total. The molecule has 3 aromatic rings. The van der Waals surface area contributed by atoms with Crippen molar-refractivity contribution in [3.8, 4) is 11.1 Å². The van der Waals surface area contributed by atoms with Crippen LogP contribution in [0, 0.1) is 13.8 Å². The van der Waals surface area contributed by atoms with Gasteiger partial charge in [0.15, 0.2) is 0 Å². The third-order valence-electron chi connectivity index (χ3n) is 6.82. The highest BCUT2D eigenvalue weighted by Crippen LogP contribution is 2.30. The van der Waals surface area contributed by atoms with Crippen LogP contribution in [0.5, 0.6) is 0 Å². The molecule has 0 saturated heterocycles. The zero-order valence-electron chi connectivity index (χ0n) is 21.2. The molecule has 0 bridgehead atoms. The summed E-state index contributed by atoms with van der Waals surface area (Å²) in [5, 5.41) is 3.63. The molecule has 0 heterocycles. The van der Waals surface area contributed by atoms with Gasteiger partial charge in [0.2, 0.25) is 0 Å². The van der Waals surface area contributed by atoms with E-state index < -0.39 is 15.9 Å². The second kappa shape index (κ2) is 11.1. The highest BCUT2D eigenvalue weighted by molar-refractivity contribution is 7.90. The highest BCUT2D eigenvalue weighted by atomic mass is 32.2. The van der Waals surface area contributed by atoms with E-state index in [0.29, 0.717) is 18.0 Å². The molecule has 3 aromatic carbocycles. The Hall–Kier alpha value is -3.38. The minimum absolute atomic E-state index is 0.0645. The van der Waals surface area contributed by atoms with Crippen molar-refractivity contribution in [3.05, 3.63) is 89.0 Å². The summed E-state index contributed by atoms with van der Waals surface area (Å²) in [4.78, 5) is 12.9. The van der Waals surface area contributed by atoms with E-state index in [1.165, 1.54) is 37.8 Å². The standard InChI is InChI=1S/C30H34N2O3S/c1-4-23(30(33)32-36(34,35)28-12-6-5-7-13-28)20-25-18-22(3)29(19-21(25)2)24-14-16-27(17-15-24)31-26-10-8-9-11-26/h5-7,12-20,26,31H,4,8-11H2,1-3H3,(H,32,33)/b23-20+. The Kier molecular flexibility index (Phi) is 7.94. The lowest BCUT2D eigenvalue weighted by Gasteiger charge is -2.15. The molecule has 6 heteroatoms. The SMILES string of the molecule is CC/C(=C\c1cc(C)c(-c2ccc(NC3CCCC3)cc2)cc1C)C(=O)NS(=O)(=O)c1ccccc1. The molecule has 1 amide bonds. The summed E-state index contributed by atoms with van der Waals surface area (Å²) < 4.78 is 27.4. The lowest BCUT2D eigenvalue weighted by atomic mass is 9.93. The van der Waals surface area contributed by atoms with Crippen molar-refractivity contribution in [2.24, 2.45) is 0 Å². The Labute approximate surface area is 214 Å². The van der Waals surface area contributed by atoms with Gasteiger partial charge in [-0.2, -0.15) is 0 Å². The zero-order chi connectivity index (χ0) is 25.7. The Morgan fingerprint density at radius 2 is 1.61 bits per heavy atom. The lowest BCUT2D eigenvalue weighted by molar-refractivity contribution is -0.115. The number of carbonyl (C=O) groups is 1. The van der Waals surface area contributed by atoms with Crippen LogP contribution in [0.15, 0.2) is 77.2 Å². The van der Waals surface area contributed by atoms with Crippen LogP contribution < -0.4 is 10.0 Å². The van der Waals surface area contributed by atoms with Crippen molar-refractivity contribution < 1.29 is 13.2 Å². The molecule has 0 aromatic heterocycles. The van der Waals surface area contributed by atoms with Gasteiger partial charge in [-0.15, -0.1) is 0 Å². The predicted octanol–water partition coefficient (Wildman–Crippen LogP) is 6.62. The highest BCUT2D eigenvalue weighted by Gasteiger charge is 2.20. The van der Waals surface area contributed by atoms with Gasteiger partial charge in [0, 0.05) is 17.3 Å². The van der Waals surface area contributed by atoms with Crippen LogP contribution in [0.4, 0.5) is 5.69 Å². The molecule has 0 spiro atoms. The minimum atomic E-state index is -3.92. The normalized spacial score (nSPS) is 14.6. The number of hydrogen-bond acceptors (Lipinski definition) is 4. The van der Waals surface area contributed by atoms with Crippen LogP contribution in [0.25, 0.3) is 17.2 Å². The molecule has 5 nitrogen and oxygen atoms in total. The summed E-state index contributed by atoms with van der Waals surface area (Å²) in [5.41, 5.74) is 6.87. The molecule has 0 radical (unpaired) electrons. The van der Waals surface area contributed by atoms with Gasteiger partial charge in [-0.25, -0.2) is 13.1 Å². The van der Waals surface area contributed by atoms with E-state index in [1.807, 2.05) is 13.8 Å². The first-order valence-electron chi connectivity index (χ1n) is 12.6. The third-order valence-corrected chi connectivity index (χ3v) is 8.16. The maximum atomic E-state index is 12.8. The topological polar surface area (TPSA) is 75.3 Å². The van der Waals surface area contributed by atoms with Gasteiger partial charge in [-0.05, 0) is 91.3 Å². The van der Waals surface area contributed by atoms with Crippen molar-refractivity contribution in [3.63, 3.8) is 0 Å². The quantitative estimate of drug-likeness (QED) is 0.339. The largest absolute Gasteiger partial charge is 0.382 e. The Morgan fingerprint density at radius 3 is 2.25 bits per heavy atom. The average Bonchev–Trinajstić information content (AvgIpc) is 3.38. The maximum Gasteiger partial charge on any atom is 0.264 e. The number of amides is 1. The fraction of sp³-hybridized carbons (Fsp3) is 0.300. The molecule has 188 valence electrons. The molecule has 0 atom stereocenters. The molecular formula is C30H34N2O3S. The molecular weight excluding hydrogens is 468 g/mol. The summed E-state index contributed by atoms with van der Waals surface area (Å²) in [7, 11) is -3.92. The Balaban J connectivity index is 1.53. The van der Waals surface area contributed by atoms with Crippen LogP contribution in [0.1, 0.15) is 55.7 Å². The van der Waals surface area contributed by atoms with Crippen LogP contribution in [-0.4, -0.2) is 20.4 Å². The van der Waals surface area contributed by atoms with E-state index in [9.17, 15) is 13.2 Å². The number of anilines is 1. The first-order chi connectivity index (χ1) is 17.3. The fourth-order valence-electron chi connectivity index (χ4n) is 4.72. The van der Waals surface area contributed by atoms with Gasteiger partial charge in [0.1, 0.15) is 0 Å². The van der Waals surface area contributed by atoms with Crippen LogP contribution in [-0.2, 0) is 14.8 Å². The van der Waals surface area contributed by atoms with Gasteiger partial charge in [-0.3, -0.25) is 4.79 Å². The second-order valence-corrected chi connectivity index (χ2v) is 11.2. The molecule has 0 unspecified atom stereocenters. The van der Waals surface area contributed by atoms with E-state index in [4.69, 9.17) is 0 Å². The van der Waals surface area contributed by atoms with Crippen molar-refractivity contribution in [1.29, 1.82) is 0 Å². The third kappa shape index (κ3) is 6.05. The summed E-state index contributed by atoms with van der Waals surface area (Å²) in [5.74, 6) is -0.604. The number of hydrogen-bond donors (Lipinski definition) is 2. The molecule has 1 fully saturated rings. The zero-order valence-corrected chi connectivity index (χ0v) is 22.0. The van der Waals surface area contributed by atoms with Crippen LogP contribution in [0.2, 0.25) is 0 Å². The Morgan fingerprint density at radius 1 is 0.944 bits per heavy atom. The van der Waals surface area contributed by atoms with Crippen LogP contribution in [0.3, 0.4) is 0 Å². The summed E-state index contributed by atoms with van der Waals surface area (Å²) in [6.45, 7) is 5.91. The van der Waals surface area contributed by atoms with E-state index in [-0.39, 0.29) is 4.90 Å². The first kappa shape index (κ1) is 25.7. The smallest absolute Gasteiger partial charge is 0.264 e. The first-order valence-corrected chi connectivity index (χ1v) is 14.1. The maximum absolute atomic E-state index is 12.8. The summed E-state index contributed by atoms with van der Waals surface area (Å²) in [6, 6.07) is 21.3. The number of carbonyl (C=O) groups excluding carboxylic acids is 1.